The van der Waals surface area contributed by atoms with Crippen LogP contribution in [0.1, 0.15) is 21.5 Å². The summed E-state index contributed by atoms with van der Waals surface area (Å²) in [7, 11) is 0. The second-order valence-electron chi connectivity index (χ2n) is 3.79. The molecule has 1 aromatic carbocycles. The number of hydrogen-bond acceptors (Lipinski definition) is 2. The van der Waals surface area contributed by atoms with Gasteiger partial charge in [-0.2, -0.15) is 0 Å². The molecule has 0 saturated carbocycles. The molecule has 1 heterocycles. The number of rotatable bonds is 3. The third-order valence-corrected chi connectivity index (χ3v) is 2.95. The minimum absolute atomic E-state index is 0.0147. The SMILES string of the molecule is O=C(Cl)c1c(Cc2cccc(Cl)c2)cc[nH]c1=O. The highest BCUT2D eigenvalue weighted by molar-refractivity contribution is 6.67. The van der Waals surface area contributed by atoms with Crippen molar-refractivity contribution in [1.82, 2.24) is 4.98 Å². The van der Waals surface area contributed by atoms with Crippen molar-refractivity contribution in [3.8, 4) is 0 Å². The summed E-state index contributed by atoms with van der Waals surface area (Å²) in [5, 5.41) is -0.148. The van der Waals surface area contributed by atoms with Gasteiger partial charge < -0.3 is 4.98 Å². The third kappa shape index (κ3) is 2.81. The summed E-state index contributed by atoms with van der Waals surface area (Å²) in [6.45, 7) is 0. The zero-order chi connectivity index (χ0) is 13.1. The van der Waals surface area contributed by atoms with Crippen LogP contribution in [0.2, 0.25) is 5.02 Å². The molecule has 0 aliphatic heterocycles. The number of nitrogens with one attached hydrogen (secondary N) is 1. The molecular formula is C13H9Cl2NO2. The zero-order valence-corrected chi connectivity index (χ0v) is 10.8. The molecule has 0 atom stereocenters. The van der Waals surface area contributed by atoms with Crippen LogP contribution < -0.4 is 5.56 Å². The number of halogens is 2. The van der Waals surface area contributed by atoms with Crippen molar-refractivity contribution in [3.05, 3.63) is 68.6 Å². The standard InChI is InChI=1S/C13H9Cl2NO2/c14-10-3-1-2-8(7-10)6-9-4-5-16-13(18)11(9)12(15)17/h1-5,7H,6H2,(H,16,18). The van der Waals surface area contributed by atoms with Gasteiger partial charge in [0.15, 0.2) is 0 Å². The summed E-state index contributed by atoms with van der Waals surface area (Å²) in [5.41, 5.74) is 1.00. The maximum absolute atomic E-state index is 11.6. The predicted octanol–water partition coefficient (Wildman–Crippen LogP) is 3.00. The van der Waals surface area contributed by atoms with E-state index >= 15 is 0 Å². The summed E-state index contributed by atoms with van der Waals surface area (Å²) in [4.78, 5) is 25.2. The molecule has 2 rings (SSSR count). The monoisotopic (exact) mass is 281 g/mol. The van der Waals surface area contributed by atoms with Gasteiger partial charge in [0.05, 0.1) is 0 Å². The molecule has 0 radical (unpaired) electrons. The number of pyridine rings is 1. The van der Waals surface area contributed by atoms with E-state index in [-0.39, 0.29) is 5.56 Å². The maximum Gasteiger partial charge on any atom is 0.260 e. The highest BCUT2D eigenvalue weighted by atomic mass is 35.5. The Kier molecular flexibility index (Phi) is 3.84. The second kappa shape index (κ2) is 5.38. The van der Waals surface area contributed by atoms with Crippen LogP contribution in [0.3, 0.4) is 0 Å². The molecule has 0 amide bonds. The summed E-state index contributed by atoms with van der Waals surface area (Å²) >= 11 is 11.3. The van der Waals surface area contributed by atoms with Gasteiger partial charge in [0.1, 0.15) is 5.56 Å². The Labute approximate surface area is 113 Å². The molecule has 0 unspecified atom stereocenters. The zero-order valence-electron chi connectivity index (χ0n) is 9.24. The average molecular weight is 282 g/mol. The van der Waals surface area contributed by atoms with E-state index < -0.39 is 10.8 Å². The van der Waals surface area contributed by atoms with E-state index in [1.165, 1.54) is 6.20 Å². The number of carbonyl (C=O) groups is 1. The lowest BCUT2D eigenvalue weighted by Crippen LogP contribution is -2.17. The van der Waals surface area contributed by atoms with E-state index in [4.69, 9.17) is 23.2 Å². The first-order chi connectivity index (χ1) is 8.58. The van der Waals surface area contributed by atoms with E-state index in [0.29, 0.717) is 17.0 Å². The highest BCUT2D eigenvalue weighted by Gasteiger charge is 2.13. The fraction of sp³-hybridized carbons (Fsp3) is 0.0769. The fourth-order valence-corrected chi connectivity index (χ4v) is 2.17. The van der Waals surface area contributed by atoms with Gasteiger partial charge in [-0.05, 0) is 47.3 Å². The van der Waals surface area contributed by atoms with Crippen molar-refractivity contribution in [3.63, 3.8) is 0 Å². The van der Waals surface area contributed by atoms with Crippen molar-refractivity contribution >= 4 is 28.4 Å². The smallest absolute Gasteiger partial charge is 0.260 e. The molecule has 92 valence electrons. The number of H-pyrrole nitrogens is 1. The number of carbonyl (C=O) groups excluding carboxylic acids is 1. The van der Waals surface area contributed by atoms with E-state index in [0.717, 1.165) is 5.56 Å². The summed E-state index contributed by atoms with van der Waals surface area (Å²) < 4.78 is 0. The summed E-state index contributed by atoms with van der Waals surface area (Å²) in [6.07, 6.45) is 1.92. The molecule has 0 fully saturated rings. The summed E-state index contributed by atoms with van der Waals surface area (Å²) in [5.74, 6) is 0. The lowest BCUT2D eigenvalue weighted by Gasteiger charge is -2.05. The van der Waals surface area contributed by atoms with E-state index in [1.807, 2.05) is 12.1 Å². The average Bonchev–Trinajstić information content (AvgIpc) is 2.28. The molecule has 18 heavy (non-hydrogen) atoms. The maximum atomic E-state index is 11.6. The first kappa shape index (κ1) is 12.9. The first-order valence-corrected chi connectivity index (χ1v) is 5.98. The lowest BCUT2D eigenvalue weighted by molar-refractivity contribution is 0.107. The second-order valence-corrected chi connectivity index (χ2v) is 4.57. The summed E-state index contributed by atoms with van der Waals surface area (Å²) in [6, 6.07) is 8.89. The van der Waals surface area contributed by atoms with Crippen molar-refractivity contribution in [2.45, 2.75) is 6.42 Å². The van der Waals surface area contributed by atoms with E-state index in [1.54, 1.807) is 18.2 Å². The van der Waals surface area contributed by atoms with Crippen LogP contribution in [-0.2, 0) is 6.42 Å². The number of aromatic amines is 1. The Hall–Kier alpha value is -1.58. The minimum atomic E-state index is -0.756. The van der Waals surface area contributed by atoms with Crippen molar-refractivity contribution < 1.29 is 4.79 Å². The number of hydrogen-bond donors (Lipinski definition) is 1. The minimum Gasteiger partial charge on any atom is -0.328 e. The van der Waals surface area contributed by atoms with E-state index in [2.05, 4.69) is 4.98 Å². The van der Waals surface area contributed by atoms with Gasteiger partial charge in [-0.25, -0.2) is 0 Å². The fourth-order valence-electron chi connectivity index (χ4n) is 1.75. The quantitative estimate of drug-likeness (QED) is 0.880. The normalized spacial score (nSPS) is 10.3. The van der Waals surface area contributed by atoms with E-state index in [9.17, 15) is 9.59 Å². The van der Waals surface area contributed by atoms with Crippen molar-refractivity contribution in [2.24, 2.45) is 0 Å². The van der Waals surface area contributed by atoms with Crippen LogP contribution in [0.25, 0.3) is 0 Å². The van der Waals surface area contributed by atoms with Gasteiger partial charge in [-0.15, -0.1) is 0 Å². The van der Waals surface area contributed by atoms with Gasteiger partial charge in [-0.1, -0.05) is 23.7 Å². The lowest BCUT2D eigenvalue weighted by atomic mass is 10.0. The molecule has 1 aromatic heterocycles. The van der Waals surface area contributed by atoms with Crippen molar-refractivity contribution in [1.29, 1.82) is 0 Å². The molecule has 1 N–H and O–H groups in total. The van der Waals surface area contributed by atoms with Gasteiger partial charge in [-0.3, -0.25) is 9.59 Å². The third-order valence-electron chi connectivity index (χ3n) is 2.53. The molecule has 0 aliphatic carbocycles. The topological polar surface area (TPSA) is 49.9 Å². The van der Waals surface area contributed by atoms with Gasteiger partial charge in [0, 0.05) is 11.2 Å². The van der Waals surface area contributed by atoms with Crippen LogP contribution in [0.15, 0.2) is 41.3 Å². The number of benzene rings is 1. The first-order valence-electron chi connectivity index (χ1n) is 5.23. The molecule has 0 saturated heterocycles. The molecule has 0 spiro atoms. The Balaban J connectivity index is 2.44. The van der Waals surface area contributed by atoms with Crippen LogP contribution in [0, 0.1) is 0 Å². The van der Waals surface area contributed by atoms with Gasteiger partial charge in [0.2, 0.25) is 0 Å². The molecule has 5 heteroatoms. The Morgan fingerprint density at radius 3 is 2.72 bits per heavy atom. The Bertz CT molecular complexity index is 649. The molecule has 3 nitrogen and oxygen atoms in total. The Morgan fingerprint density at radius 1 is 1.28 bits per heavy atom. The molecular weight excluding hydrogens is 273 g/mol. The van der Waals surface area contributed by atoms with Crippen LogP contribution >= 0.6 is 23.2 Å². The highest BCUT2D eigenvalue weighted by Crippen LogP contribution is 2.16. The van der Waals surface area contributed by atoms with Crippen molar-refractivity contribution in [2.75, 3.05) is 0 Å². The van der Waals surface area contributed by atoms with Crippen LogP contribution in [-0.4, -0.2) is 10.2 Å². The van der Waals surface area contributed by atoms with Crippen LogP contribution in [0.4, 0.5) is 0 Å². The van der Waals surface area contributed by atoms with Gasteiger partial charge >= 0.3 is 0 Å². The molecule has 2 aromatic rings. The largest absolute Gasteiger partial charge is 0.328 e. The molecule has 0 bridgehead atoms. The van der Waals surface area contributed by atoms with Crippen LogP contribution in [0.5, 0.6) is 0 Å². The van der Waals surface area contributed by atoms with Gasteiger partial charge in [0.25, 0.3) is 10.8 Å². The Morgan fingerprint density at radius 2 is 2.06 bits per heavy atom. The predicted molar refractivity (Wildman–Crippen MR) is 71.5 cm³/mol. The molecule has 0 aliphatic rings. The number of aromatic nitrogens is 1.